The lowest BCUT2D eigenvalue weighted by Crippen LogP contribution is -2.17. The van der Waals surface area contributed by atoms with Gasteiger partial charge in [0, 0.05) is 27.7 Å². The highest BCUT2D eigenvalue weighted by atomic mass is 79.9. The number of benzene rings is 2. The van der Waals surface area contributed by atoms with Crippen LogP contribution in [0.15, 0.2) is 52.0 Å². The number of amides is 1. The van der Waals surface area contributed by atoms with E-state index in [0.29, 0.717) is 12.4 Å². The molecule has 1 amide bonds. The van der Waals surface area contributed by atoms with Crippen molar-refractivity contribution < 1.29 is 14.5 Å². The van der Waals surface area contributed by atoms with Gasteiger partial charge in [0.1, 0.15) is 5.75 Å². The van der Waals surface area contributed by atoms with E-state index >= 15 is 0 Å². The van der Waals surface area contributed by atoms with Crippen LogP contribution in [0, 0.1) is 10.1 Å². The summed E-state index contributed by atoms with van der Waals surface area (Å²) >= 11 is 3.42. The minimum Gasteiger partial charge on any atom is -0.493 e. The maximum Gasteiger partial charge on any atom is 0.271 e. The monoisotopic (exact) mass is 447 g/mol. The van der Waals surface area contributed by atoms with E-state index in [1.807, 2.05) is 18.2 Å². The summed E-state index contributed by atoms with van der Waals surface area (Å²) in [4.78, 5) is 22.3. The average Bonchev–Trinajstić information content (AvgIpc) is 2.69. The number of rotatable bonds is 10. The fourth-order valence-electron chi connectivity index (χ4n) is 2.42. The standard InChI is InChI=1S/C20H22BrN3O4/c1-2-3-4-5-12-28-19-11-8-17(21)13-16(19)14-22-23-20(25)15-6-9-18(10-7-15)24(26)27/h6-11,13-14H,2-5,12H2,1H3,(H,23,25). The van der Waals surface area contributed by atoms with Gasteiger partial charge in [-0.3, -0.25) is 14.9 Å². The minimum absolute atomic E-state index is 0.0742. The number of ether oxygens (including phenoxy) is 1. The predicted molar refractivity (Wildman–Crippen MR) is 112 cm³/mol. The first-order chi connectivity index (χ1) is 13.5. The van der Waals surface area contributed by atoms with E-state index < -0.39 is 10.8 Å². The van der Waals surface area contributed by atoms with Crippen LogP contribution in [0.3, 0.4) is 0 Å². The van der Waals surface area contributed by atoms with Crippen LogP contribution >= 0.6 is 15.9 Å². The molecule has 0 aliphatic carbocycles. The Hall–Kier alpha value is -2.74. The molecule has 2 rings (SSSR count). The predicted octanol–water partition coefficient (Wildman–Crippen LogP) is 5.08. The second kappa shape index (κ2) is 11.2. The van der Waals surface area contributed by atoms with Gasteiger partial charge in [0.25, 0.3) is 11.6 Å². The van der Waals surface area contributed by atoms with Gasteiger partial charge >= 0.3 is 0 Å². The van der Waals surface area contributed by atoms with Gasteiger partial charge in [-0.1, -0.05) is 42.1 Å². The molecular weight excluding hydrogens is 426 g/mol. The number of nitrogens with zero attached hydrogens (tertiary/aromatic N) is 2. The Kier molecular flexibility index (Phi) is 8.61. The molecule has 8 heteroatoms. The fraction of sp³-hybridized carbons (Fsp3) is 0.300. The maximum absolute atomic E-state index is 12.1. The Morgan fingerprint density at radius 2 is 1.96 bits per heavy atom. The highest BCUT2D eigenvalue weighted by molar-refractivity contribution is 9.10. The minimum atomic E-state index is -0.517. The Balaban J connectivity index is 1.97. The summed E-state index contributed by atoms with van der Waals surface area (Å²) in [5.74, 6) is 0.233. The van der Waals surface area contributed by atoms with Crippen LogP contribution in [0.1, 0.15) is 48.5 Å². The first kappa shape index (κ1) is 21.6. The Morgan fingerprint density at radius 1 is 1.21 bits per heavy atom. The molecule has 0 radical (unpaired) electrons. The smallest absolute Gasteiger partial charge is 0.271 e. The van der Waals surface area contributed by atoms with E-state index in [9.17, 15) is 14.9 Å². The molecular formula is C20H22BrN3O4. The topological polar surface area (TPSA) is 93.8 Å². The van der Waals surface area contributed by atoms with E-state index in [1.165, 1.54) is 43.3 Å². The zero-order chi connectivity index (χ0) is 20.4. The number of carbonyl (C=O) groups excluding carboxylic acids is 1. The van der Waals surface area contributed by atoms with Crippen LogP contribution in [0.4, 0.5) is 5.69 Å². The molecule has 0 saturated heterocycles. The second-order valence-electron chi connectivity index (χ2n) is 6.09. The zero-order valence-electron chi connectivity index (χ0n) is 15.6. The summed E-state index contributed by atoms with van der Waals surface area (Å²) in [7, 11) is 0. The number of nitro benzene ring substituents is 1. The van der Waals surface area contributed by atoms with Gasteiger partial charge in [-0.25, -0.2) is 5.43 Å². The van der Waals surface area contributed by atoms with Crippen LogP contribution in [0.5, 0.6) is 5.75 Å². The first-order valence-electron chi connectivity index (χ1n) is 9.01. The van der Waals surface area contributed by atoms with E-state index in [0.717, 1.165) is 22.9 Å². The van der Waals surface area contributed by atoms with Crippen LogP contribution in [0.2, 0.25) is 0 Å². The molecule has 0 aliphatic heterocycles. The lowest BCUT2D eigenvalue weighted by molar-refractivity contribution is -0.384. The number of hydrogen-bond acceptors (Lipinski definition) is 5. The largest absolute Gasteiger partial charge is 0.493 e. The highest BCUT2D eigenvalue weighted by Crippen LogP contribution is 2.22. The van der Waals surface area contributed by atoms with Crippen molar-refractivity contribution in [1.29, 1.82) is 0 Å². The molecule has 0 saturated carbocycles. The fourth-order valence-corrected chi connectivity index (χ4v) is 2.80. The van der Waals surface area contributed by atoms with Crippen molar-refractivity contribution in [3.05, 3.63) is 68.2 Å². The molecule has 148 valence electrons. The number of carbonyl (C=O) groups is 1. The van der Waals surface area contributed by atoms with E-state index in [2.05, 4.69) is 33.4 Å². The number of nitro groups is 1. The molecule has 7 nitrogen and oxygen atoms in total. The van der Waals surface area contributed by atoms with Gasteiger partial charge in [-0.15, -0.1) is 0 Å². The molecule has 0 fully saturated rings. The van der Waals surface area contributed by atoms with Gasteiger partial charge in [-0.2, -0.15) is 5.10 Å². The number of hydrogen-bond donors (Lipinski definition) is 1. The average molecular weight is 448 g/mol. The summed E-state index contributed by atoms with van der Waals surface area (Å²) in [5.41, 5.74) is 3.35. The Labute approximate surface area is 172 Å². The van der Waals surface area contributed by atoms with Crippen molar-refractivity contribution in [2.45, 2.75) is 32.6 Å². The van der Waals surface area contributed by atoms with Crippen molar-refractivity contribution >= 4 is 33.7 Å². The van der Waals surface area contributed by atoms with Gasteiger partial charge in [0.15, 0.2) is 0 Å². The summed E-state index contributed by atoms with van der Waals surface area (Å²) in [5, 5.41) is 14.6. The van der Waals surface area contributed by atoms with Crippen molar-refractivity contribution in [3.63, 3.8) is 0 Å². The zero-order valence-corrected chi connectivity index (χ0v) is 17.1. The van der Waals surface area contributed by atoms with Crippen molar-refractivity contribution in [3.8, 4) is 5.75 Å². The van der Waals surface area contributed by atoms with Gasteiger partial charge < -0.3 is 4.74 Å². The van der Waals surface area contributed by atoms with Gasteiger partial charge in [0.2, 0.25) is 0 Å². The quantitative estimate of drug-likeness (QED) is 0.237. The van der Waals surface area contributed by atoms with Crippen LogP contribution in [-0.2, 0) is 0 Å². The summed E-state index contributed by atoms with van der Waals surface area (Å²) < 4.78 is 6.70. The van der Waals surface area contributed by atoms with Crippen LogP contribution in [0.25, 0.3) is 0 Å². The molecule has 0 atom stereocenters. The molecule has 0 spiro atoms. The molecule has 2 aromatic carbocycles. The SMILES string of the molecule is CCCCCCOc1ccc(Br)cc1C=NNC(=O)c1ccc([N+](=O)[O-])cc1. The molecule has 0 unspecified atom stereocenters. The van der Waals surface area contributed by atoms with Crippen molar-refractivity contribution in [1.82, 2.24) is 5.43 Å². The van der Waals surface area contributed by atoms with E-state index in [1.54, 1.807) is 0 Å². The molecule has 1 N–H and O–H groups in total. The van der Waals surface area contributed by atoms with E-state index in [4.69, 9.17) is 4.74 Å². The van der Waals surface area contributed by atoms with Gasteiger partial charge in [-0.05, 0) is 36.8 Å². The number of hydrazone groups is 1. The normalized spacial score (nSPS) is 10.8. The molecule has 0 heterocycles. The van der Waals surface area contributed by atoms with Gasteiger partial charge in [0.05, 0.1) is 17.7 Å². The second-order valence-corrected chi connectivity index (χ2v) is 7.01. The van der Waals surface area contributed by atoms with Crippen LogP contribution < -0.4 is 10.2 Å². The van der Waals surface area contributed by atoms with Crippen molar-refractivity contribution in [2.75, 3.05) is 6.61 Å². The van der Waals surface area contributed by atoms with Crippen molar-refractivity contribution in [2.24, 2.45) is 5.10 Å². The molecule has 0 aliphatic rings. The molecule has 0 aromatic heterocycles. The Bertz CT molecular complexity index is 838. The third kappa shape index (κ3) is 6.77. The highest BCUT2D eigenvalue weighted by Gasteiger charge is 2.09. The first-order valence-corrected chi connectivity index (χ1v) is 9.80. The third-order valence-electron chi connectivity index (χ3n) is 3.94. The summed E-state index contributed by atoms with van der Waals surface area (Å²) in [6.07, 6.45) is 5.98. The molecule has 2 aromatic rings. The lowest BCUT2D eigenvalue weighted by Gasteiger charge is -2.09. The molecule has 0 bridgehead atoms. The number of nitrogens with one attached hydrogen (secondary N) is 1. The summed E-state index contributed by atoms with van der Waals surface area (Å²) in [6.45, 7) is 2.78. The van der Waals surface area contributed by atoms with Crippen LogP contribution in [-0.4, -0.2) is 23.7 Å². The summed E-state index contributed by atoms with van der Waals surface area (Å²) in [6, 6.07) is 10.9. The molecule has 28 heavy (non-hydrogen) atoms. The lowest BCUT2D eigenvalue weighted by atomic mass is 10.2. The van der Waals surface area contributed by atoms with E-state index in [-0.39, 0.29) is 11.3 Å². The third-order valence-corrected chi connectivity index (χ3v) is 4.43. The Morgan fingerprint density at radius 3 is 2.64 bits per heavy atom. The number of halogens is 1. The maximum atomic E-state index is 12.1. The number of unbranched alkanes of at least 4 members (excludes halogenated alkanes) is 3. The number of non-ortho nitro benzene ring substituents is 1.